The summed E-state index contributed by atoms with van der Waals surface area (Å²) >= 11 is 0. The smallest absolute Gasteiger partial charge is 0.154 e. The summed E-state index contributed by atoms with van der Waals surface area (Å²) in [5.74, 6) is 0. The number of fused-ring (bicyclic) bond motifs is 3. The Bertz CT molecular complexity index is 894. The molecule has 3 aromatic rings. The van der Waals surface area contributed by atoms with E-state index < -0.39 is 11.7 Å². The van der Waals surface area contributed by atoms with Crippen molar-refractivity contribution in [2.24, 2.45) is 0 Å². The van der Waals surface area contributed by atoms with Crippen LogP contribution in [0.2, 0.25) is 0 Å². The first-order valence-corrected chi connectivity index (χ1v) is 7.91. The van der Waals surface area contributed by atoms with Gasteiger partial charge in [-0.15, -0.1) is 0 Å². The van der Waals surface area contributed by atoms with Gasteiger partial charge in [0.15, 0.2) is 5.65 Å². The molecule has 1 aromatic carbocycles. The summed E-state index contributed by atoms with van der Waals surface area (Å²) in [6, 6.07) is 11.5. The van der Waals surface area contributed by atoms with Gasteiger partial charge in [0.1, 0.15) is 6.10 Å². The number of imidazole rings is 1. The second-order valence-corrected chi connectivity index (χ2v) is 6.60. The van der Waals surface area contributed by atoms with Crippen LogP contribution in [0.3, 0.4) is 0 Å². The summed E-state index contributed by atoms with van der Waals surface area (Å²) < 4.78 is 7.13. The van der Waals surface area contributed by atoms with Gasteiger partial charge in [-0.2, -0.15) is 5.10 Å². The van der Waals surface area contributed by atoms with E-state index in [4.69, 9.17) is 4.74 Å². The molecule has 3 heterocycles. The molecule has 0 bridgehead atoms. The zero-order valence-corrected chi connectivity index (χ0v) is 13.6. The standard InChI is InChI=1S/C18H19N3O3/c1-18(2,23)12-5-3-11(4-6-12)13-7-8-16-19-17-14(21(16)20-13)9-24-10-15(17)22/h3-8,15,22-23H,9-10H2,1-2H3. The van der Waals surface area contributed by atoms with Gasteiger partial charge >= 0.3 is 0 Å². The molecule has 0 spiro atoms. The summed E-state index contributed by atoms with van der Waals surface area (Å²) in [5.41, 5.74) is 3.86. The molecule has 0 radical (unpaired) electrons. The zero-order valence-electron chi connectivity index (χ0n) is 13.6. The molecule has 0 saturated carbocycles. The van der Waals surface area contributed by atoms with E-state index in [9.17, 15) is 10.2 Å². The van der Waals surface area contributed by atoms with E-state index in [2.05, 4.69) is 10.1 Å². The van der Waals surface area contributed by atoms with Gasteiger partial charge in [-0.05, 0) is 31.5 Å². The summed E-state index contributed by atoms with van der Waals surface area (Å²) in [6.07, 6.45) is -0.704. The molecule has 0 amide bonds. The van der Waals surface area contributed by atoms with Gasteiger partial charge in [0.05, 0.1) is 35.9 Å². The zero-order chi connectivity index (χ0) is 16.9. The van der Waals surface area contributed by atoms with Crippen molar-refractivity contribution in [2.75, 3.05) is 6.61 Å². The molecule has 124 valence electrons. The van der Waals surface area contributed by atoms with Crippen molar-refractivity contribution in [1.29, 1.82) is 0 Å². The number of hydrogen-bond donors (Lipinski definition) is 2. The molecule has 1 atom stereocenters. The molecule has 0 fully saturated rings. The molecule has 1 aliphatic heterocycles. The monoisotopic (exact) mass is 325 g/mol. The highest BCUT2D eigenvalue weighted by Crippen LogP contribution is 2.27. The average molecular weight is 325 g/mol. The Morgan fingerprint density at radius 3 is 2.62 bits per heavy atom. The van der Waals surface area contributed by atoms with Gasteiger partial charge in [-0.1, -0.05) is 24.3 Å². The first-order valence-electron chi connectivity index (χ1n) is 7.91. The third-order valence-corrected chi connectivity index (χ3v) is 4.32. The molecule has 2 N–H and O–H groups in total. The van der Waals surface area contributed by atoms with Crippen LogP contribution in [0.5, 0.6) is 0 Å². The van der Waals surface area contributed by atoms with Crippen LogP contribution in [0.25, 0.3) is 16.9 Å². The van der Waals surface area contributed by atoms with Crippen molar-refractivity contribution in [3.05, 3.63) is 53.3 Å². The van der Waals surface area contributed by atoms with E-state index >= 15 is 0 Å². The van der Waals surface area contributed by atoms with Gasteiger partial charge in [0.25, 0.3) is 0 Å². The Balaban J connectivity index is 1.78. The van der Waals surface area contributed by atoms with Crippen LogP contribution < -0.4 is 0 Å². The van der Waals surface area contributed by atoms with Crippen LogP contribution in [0.1, 0.15) is 36.9 Å². The number of benzene rings is 1. The lowest BCUT2D eigenvalue weighted by Gasteiger charge is -2.18. The number of rotatable bonds is 2. The first-order chi connectivity index (χ1) is 11.4. The van der Waals surface area contributed by atoms with Crippen LogP contribution in [0.15, 0.2) is 36.4 Å². The Hall–Kier alpha value is -2.28. The normalized spacial score (nSPS) is 17.9. The van der Waals surface area contributed by atoms with Crippen LogP contribution in [-0.2, 0) is 16.9 Å². The van der Waals surface area contributed by atoms with Crippen molar-refractivity contribution in [3.63, 3.8) is 0 Å². The molecule has 1 aliphatic rings. The Labute approximate surface area is 139 Å². The third-order valence-electron chi connectivity index (χ3n) is 4.32. The lowest BCUT2D eigenvalue weighted by Crippen LogP contribution is -2.17. The van der Waals surface area contributed by atoms with Gasteiger partial charge in [0.2, 0.25) is 0 Å². The summed E-state index contributed by atoms with van der Waals surface area (Å²) in [6.45, 7) is 4.18. The number of ether oxygens (including phenoxy) is 1. The van der Waals surface area contributed by atoms with Crippen LogP contribution in [0, 0.1) is 0 Å². The lowest BCUT2D eigenvalue weighted by molar-refractivity contribution is 0.00541. The molecule has 2 aromatic heterocycles. The van der Waals surface area contributed by atoms with Crippen molar-refractivity contribution in [1.82, 2.24) is 14.6 Å². The minimum absolute atomic E-state index is 0.266. The van der Waals surface area contributed by atoms with E-state index in [1.54, 1.807) is 18.4 Å². The predicted octanol–water partition coefficient (Wildman–Crippen LogP) is 2.19. The van der Waals surface area contributed by atoms with Crippen LogP contribution >= 0.6 is 0 Å². The number of aliphatic hydroxyl groups is 2. The fourth-order valence-corrected chi connectivity index (χ4v) is 2.95. The fourth-order valence-electron chi connectivity index (χ4n) is 2.95. The van der Waals surface area contributed by atoms with Gasteiger partial charge in [-0.25, -0.2) is 9.50 Å². The highest BCUT2D eigenvalue weighted by Gasteiger charge is 2.25. The van der Waals surface area contributed by atoms with Crippen LogP contribution in [-0.4, -0.2) is 31.4 Å². The minimum Gasteiger partial charge on any atom is -0.386 e. The number of aromatic nitrogens is 3. The maximum Gasteiger partial charge on any atom is 0.154 e. The lowest BCUT2D eigenvalue weighted by atomic mass is 9.97. The summed E-state index contributed by atoms with van der Waals surface area (Å²) in [5, 5.41) is 24.7. The molecule has 0 aliphatic carbocycles. The molecule has 1 unspecified atom stereocenters. The topological polar surface area (TPSA) is 79.9 Å². The van der Waals surface area contributed by atoms with E-state index in [0.717, 1.165) is 22.5 Å². The quantitative estimate of drug-likeness (QED) is 0.755. The van der Waals surface area contributed by atoms with E-state index in [1.165, 1.54) is 0 Å². The SMILES string of the molecule is CC(C)(O)c1ccc(-c2ccc3nc4c(n3n2)COCC4O)cc1. The average Bonchev–Trinajstić information content (AvgIpc) is 2.94. The summed E-state index contributed by atoms with van der Waals surface area (Å²) in [4.78, 5) is 4.45. The molecule has 4 rings (SSSR count). The maximum atomic E-state index is 10.1. The third kappa shape index (κ3) is 2.49. The largest absolute Gasteiger partial charge is 0.386 e. The van der Waals surface area contributed by atoms with Crippen molar-refractivity contribution in [3.8, 4) is 11.3 Å². The Kier molecular flexibility index (Phi) is 3.42. The molecular weight excluding hydrogens is 306 g/mol. The van der Waals surface area contributed by atoms with E-state index in [-0.39, 0.29) is 6.61 Å². The van der Waals surface area contributed by atoms with Gasteiger partial charge < -0.3 is 14.9 Å². The Morgan fingerprint density at radius 2 is 1.92 bits per heavy atom. The fraction of sp³-hybridized carbons (Fsp3) is 0.333. The Morgan fingerprint density at radius 1 is 1.17 bits per heavy atom. The minimum atomic E-state index is -0.868. The highest BCUT2D eigenvalue weighted by atomic mass is 16.5. The molecular formula is C18H19N3O3. The van der Waals surface area contributed by atoms with Crippen molar-refractivity contribution < 1.29 is 14.9 Å². The summed E-state index contributed by atoms with van der Waals surface area (Å²) in [7, 11) is 0. The number of nitrogens with zero attached hydrogens (tertiary/aromatic N) is 3. The molecule has 0 saturated heterocycles. The highest BCUT2D eigenvalue weighted by molar-refractivity contribution is 5.61. The molecule has 6 nitrogen and oxygen atoms in total. The molecule has 24 heavy (non-hydrogen) atoms. The van der Waals surface area contributed by atoms with Crippen molar-refractivity contribution in [2.45, 2.75) is 32.2 Å². The van der Waals surface area contributed by atoms with E-state index in [1.807, 2.05) is 36.4 Å². The maximum absolute atomic E-state index is 10.1. The second kappa shape index (κ2) is 5.37. The number of aliphatic hydroxyl groups excluding tert-OH is 1. The van der Waals surface area contributed by atoms with E-state index in [0.29, 0.717) is 17.9 Å². The second-order valence-electron chi connectivity index (χ2n) is 6.60. The number of hydrogen-bond acceptors (Lipinski definition) is 5. The van der Waals surface area contributed by atoms with Crippen LogP contribution in [0.4, 0.5) is 0 Å². The molecule has 6 heteroatoms. The van der Waals surface area contributed by atoms with Crippen molar-refractivity contribution >= 4 is 5.65 Å². The van der Waals surface area contributed by atoms with Gasteiger partial charge in [-0.3, -0.25) is 0 Å². The first kappa shape index (κ1) is 15.3. The van der Waals surface area contributed by atoms with Gasteiger partial charge in [0, 0.05) is 5.56 Å². The predicted molar refractivity (Wildman–Crippen MR) is 88.3 cm³/mol.